The highest BCUT2D eigenvalue weighted by Gasteiger charge is 2.25. The molecule has 134 valence electrons. The molecule has 0 aromatic heterocycles. The Morgan fingerprint density at radius 3 is 2.28 bits per heavy atom. The zero-order valence-corrected chi connectivity index (χ0v) is 15.6. The Hall–Kier alpha value is -1.76. The zero-order valence-electron chi connectivity index (χ0n) is 14.0. The maximum absolute atomic E-state index is 12.8. The summed E-state index contributed by atoms with van der Waals surface area (Å²) in [5, 5.41) is 0.612. The van der Waals surface area contributed by atoms with E-state index in [0.29, 0.717) is 29.7 Å². The fourth-order valence-electron chi connectivity index (χ4n) is 2.69. The lowest BCUT2D eigenvalue weighted by Gasteiger charge is -2.24. The van der Waals surface area contributed by atoms with Crippen LogP contribution in [0.25, 0.3) is 0 Å². The van der Waals surface area contributed by atoms with Crippen LogP contribution >= 0.6 is 11.6 Å². The molecule has 5 nitrogen and oxygen atoms in total. The van der Waals surface area contributed by atoms with Crippen LogP contribution in [0, 0.1) is 5.92 Å². The molecule has 1 N–H and O–H groups in total. The van der Waals surface area contributed by atoms with Gasteiger partial charge in [0.15, 0.2) is 11.5 Å². The van der Waals surface area contributed by atoms with Gasteiger partial charge in [0.05, 0.1) is 4.90 Å². The van der Waals surface area contributed by atoms with Gasteiger partial charge in [0.25, 0.3) is 0 Å². The monoisotopic (exact) mass is 381 g/mol. The Morgan fingerprint density at radius 2 is 1.64 bits per heavy atom. The van der Waals surface area contributed by atoms with E-state index in [0.717, 1.165) is 5.56 Å². The van der Waals surface area contributed by atoms with Crippen molar-refractivity contribution in [3.63, 3.8) is 0 Å². The van der Waals surface area contributed by atoms with E-state index in [4.69, 9.17) is 21.1 Å². The van der Waals surface area contributed by atoms with E-state index in [1.54, 1.807) is 18.2 Å². The van der Waals surface area contributed by atoms with Gasteiger partial charge in [-0.05, 0) is 35.7 Å². The normalized spacial score (nSPS) is 15.2. The second kappa shape index (κ2) is 7.23. The summed E-state index contributed by atoms with van der Waals surface area (Å²) in [7, 11) is -3.71. The molecule has 25 heavy (non-hydrogen) atoms. The third-order valence-electron chi connectivity index (χ3n) is 4.00. The number of hydrogen-bond acceptors (Lipinski definition) is 4. The van der Waals surface area contributed by atoms with Crippen molar-refractivity contribution in [2.24, 2.45) is 5.92 Å². The fourth-order valence-corrected chi connectivity index (χ4v) is 4.20. The molecule has 1 aliphatic rings. The summed E-state index contributed by atoms with van der Waals surface area (Å²) >= 11 is 5.93. The first kappa shape index (κ1) is 18.0. The van der Waals surface area contributed by atoms with Crippen LogP contribution in [-0.4, -0.2) is 21.6 Å². The molecule has 0 aliphatic carbocycles. The molecule has 0 bridgehead atoms. The van der Waals surface area contributed by atoms with Crippen molar-refractivity contribution in [3.05, 3.63) is 53.1 Å². The van der Waals surface area contributed by atoms with Gasteiger partial charge in [0.1, 0.15) is 13.2 Å². The van der Waals surface area contributed by atoms with Crippen LogP contribution in [0.5, 0.6) is 11.5 Å². The molecule has 2 aromatic carbocycles. The highest BCUT2D eigenvalue weighted by atomic mass is 35.5. The molecule has 3 rings (SSSR count). The molecule has 1 aliphatic heterocycles. The van der Waals surface area contributed by atoms with Crippen molar-refractivity contribution in [3.8, 4) is 11.5 Å². The molecule has 1 atom stereocenters. The van der Waals surface area contributed by atoms with Crippen LogP contribution in [0.3, 0.4) is 0 Å². The number of nitrogens with one attached hydrogen (secondary N) is 1. The van der Waals surface area contributed by atoms with Gasteiger partial charge in [-0.25, -0.2) is 13.1 Å². The number of hydrogen-bond donors (Lipinski definition) is 1. The molecular weight excluding hydrogens is 362 g/mol. The predicted octanol–water partition coefficient (Wildman–Crippen LogP) is 3.79. The molecular formula is C18H20ClNO4S. The standard InChI is InChI=1S/C18H20ClNO4S/c1-12(2)18(13-3-5-14(19)6-4-13)20-25(21,22)15-7-8-16-17(11-15)24-10-9-23-16/h3-8,11-12,18,20H,9-10H2,1-2H3. The predicted molar refractivity (Wildman–Crippen MR) is 96.8 cm³/mol. The molecule has 0 amide bonds. The van der Waals surface area contributed by atoms with Crippen molar-refractivity contribution in [2.75, 3.05) is 13.2 Å². The Bertz CT molecular complexity index is 850. The van der Waals surface area contributed by atoms with Crippen LogP contribution in [0.4, 0.5) is 0 Å². The first-order chi connectivity index (χ1) is 11.9. The molecule has 0 saturated carbocycles. The lowest BCUT2D eigenvalue weighted by Crippen LogP contribution is -2.32. The number of sulfonamides is 1. The Labute approximate surface area is 153 Å². The number of ether oxygens (including phenoxy) is 2. The summed E-state index contributed by atoms with van der Waals surface area (Å²) in [6, 6.07) is 11.4. The van der Waals surface area contributed by atoms with E-state index >= 15 is 0 Å². The number of benzene rings is 2. The van der Waals surface area contributed by atoms with Crippen LogP contribution in [0.2, 0.25) is 5.02 Å². The maximum Gasteiger partial charge on any atom is 0.241 e. The minimum absolute atomic E-state index is 0.0631. The van der Waals surface area contributed by atoms with E-state index in [1.165, 1.54) is 12.1 Å². The highest BCUT2D eigenvalue weighted by Crippen LogP contribution is 2.33. The molecule has 2 aromatic rings. The summed E-state index contributed by atoms with van der Waals surface area (Å²) < 4.78 is 39.4. The van der Waals surface area contributed by atoms with Gasteiger partial charge >= 0.3 is 0 Å². The highest BCUT2D eigenvalue weighted by molar-refractivity contribution is 7.89. The Balaban J connectivity index is 1.89. The quantitative estimate of drug-likeness (QED) is 0.855. The van der Waals surface area contributed by atoms with E-state index < -0.39 is 10.0 Å². The molecule has 0 saturated heterocycles. The van der Waals surface area contributed by atoms with Gasteiger partial charge in [-0.15, -0.1) is 0 Å². The summed E-state index contributed by atoms with van der Waals surface area (Å²) in [5.41, 5.74) is 0.862. The molecule has 7 heteroatoms. The smallest absolute Gasteiger partial charge is 0.241 e. The number of rotatable bonds is 5. The SMILES string of the molecule is CC(C)C(NS(=O)(=O)c1ccc2c(c1)OCCO2)c1ccc(Cl)cc1. The van der Waals surface area contributed by atoms with E-state index in [2.05, 4.69) is 4.72 Å². The van der Waals surface area contributed by atoms with Crippen LogP contribution < -0.4 is 14.2 Å². The first-order valence-corrected chi connectivity index (χ1v) is 9.90. The number of fused-ring (bicyclic) bond motifs is 1. The summed E-state index contributed by atoms with van der Waals surface area (Å²) in [6.07, 6.45) is 0. The van der Waals surface area contributed by atoms with Gasteiger partial charge in [0.2, 0.25) is 10.0 Å². The molecule has 0 fully saturated rings. The minimum atomic E-state index is -3.71. The average molecular weight is 382 g/mol. The molecule has 1 unspecified atom stereocenters. The van der Waals surface area contributed by atoms with Crippen molar-refractivity contribution in [1.82, 2.24) is 4.72 Å². The van der Waals surface area contributed by atoms with Crippen LogP contribution in [0.15, 0.2) is 47.4 Å². The third kappa shape index (κ3) is 4.08. The van der Waals surface area contributed by atoms with Crippen LogP contribution in [0.1, 0.15) is 25.5 Å². The number of halogens is 1. The topological polar surface area (TPSA) is 64.6 Å². The minimum Gasteiger partial charge on any atom is -0.486 e. The van der Waals surface area contributed by atoms with Crippen molar-refractivity contribution < 1.29 is 17.9 Å². The van der Waals surface area contributed by atoms with Crippen LogP contribution in [-0.2, 0) is 10.0 Å². The zero-order chi connectivity index (χ0) is 18.0. The largest absolute Gasteiger partial charge is 0.486 e. The van der Waals surface area contributed by atoms with Gasteiger partial charge < -0.3 is 9.47 Å². The maximum atomic E-state index is 12.8. The van der Waals surface area contributed by atoms with Crippen molar-refractivity contribution >= 4 is 21.6 Å². The van der Waals surface area contributed by atoms with Crippen molar-refractivity contribution in [2.45, 2.75) is 24.8 Å². The fraction of sp³-hybridized carbons (Fsp3) is 0.333. The third-order valence-corrected chi connectivity index (χ3v) is 5.69. The summed E-state index contributed by atoms with van der Waals surface area (Å²) in [4.78, 5) is 0.149. The lowest BCUT2D eigenvalue weighted by atomic mass is 9.97. The Morgan fingerprint density at radius 1 is 1.00 bits per heavy atom. The molecule has 1 heterocycles. The van der Waals surface area contributed by atoms with Gasteiger partial charge in [0, 0.05) is 17.1 Å². The second-order valence-corrected chi connectivity index (χ2v) is 8.35. The van der Waals surface area contributed by atoms with E-state index in [-0.39, 0.29) is 16.9 Å². The summed E-state index contributed by atoms with van der Waals surface area (Å²) in [6.45, 7) is 4.80. The summed E-state index contributed by atoms with van der Waals surface area (Å²) in [5.74, 6) is 1.07. The van der Waals surface area contributed by atoms with Gasteiger partial charge in [-0.2, -0.15) is 0 Å². The van der Waals surface area contributed by atoms with Crippen molar-refractivity contribution in [1.29, 1.82) is 0 Å². The van der Waals surface area contributed by atoms with Gasteiger partial charge in [-0.3, -0.25) is 0 Å². The first-order valence-electron chi connectivity index (χ1n) is 8.04. The van der Waals surface area contributed by atoms with E-state index in [9.17, 15) is 8.42 Å². The lowest BCUT2D eigenvalue weighted by molar-refractivity contribution is 0.171. The van der Waals surface area contributed by atoms with E-state index in [1.807, 2.05) is 26.0 Å². The van der Waals surface area contributed by atoms with Gasteiger partial charge in [-0.1, -0.05) is 37.6 Å². The molecule has 0 radical (unpaired) electrons. The second-order valence-electron chi connectivity index (χ2n) is 6.20. The Kier molecular flexibility index (Phi) is 5.22. The average Bonchev–Trinajstić information content (AvgIpc) is 2.60. The molecule has 0 spiro atoms.